The minimum absolute atomic E-state index is 0.134. The number of phenols is 1. The van der Waals surface area contributed by atoms with Gasteiger partial charge in [-0.2, -0.15) is 0 Å². The van der Waals surface area contributed by atoms with Crippen LogP contribution in [0.25, 0.3) is 0 Å². The molecular formula is C10H13NO3. The van der Waals surface area contributed by atoms with Crippen molar-refractivity contribution in [3.8, 4) is 5.75 Å². The molecule has 0 spiro atoms. The molecule has 1 rings (SSSR count). The molecular weight excluding hydrogens is 182 g/mol. The van der Waals surface area contributed by atoms with Gasteiger partial charge in [-0.05, 0) is 37.1 Å². The summed E-state index contributed by atoms with van der Waals surface area (Å²) in [6, 6.07) is 4.53. The Bertz CT molecular complexity index is 372. The smallest absolute Gasteiger partial charge is 0.328 e. The topological polar surface area (TPSA) is 83.6 Å². The third-order valence-electron chi connectivity index (χ3n) is 2.24. The van der Waals surface area contributed by atoms with E-state index in [0.29, 0.717) is 11.1 Å². The van der Waals surface area contributed by atoms with Crippen LogP contribution in [0.2, 0.25) is 0 Å². The molecule has 0 fully saturated rings. The predicted molar refractivity (Wildman–Crippen MR) is 52.0 cm³/mol. The van der Waals surface area contributed by atoms with Gasteiger partial charge >= 0.3 is 5.97 Å². The van der Waals surface area contributed by atoms with Gasteiger partial charge < -0.3 is 15.9 Å². The fourth-order valence-electron chi connectivity index (χ4n) is 1.10. The SMILES string of the molecule is Cc1cc(C(C)(N)C(=O)O)ccc1O. The van der Waals surface area contributed by atoms with Crippen LogP contribution in [0.5, 0.6) is 5.75 Å². The first-order valence-corrected chi connectivity index (χ1v) is 4.18. The Balaban J connectivity index is 3.21. The van der Waals surface area contributed by atoms with E-state index < -0.39 is 11.5 Å². The zero-order valence-electron chi connectivity index (χ0n) is 8.11. The summed E-state index contributed by atoms with van der Waals surface area (Å²) in [6.45, 7) is 3.11. The van der Waals surface area contributed by atoms with Gasteiger partial charge in [-0.1, -0.05) is 6.07 Å². The van der Waals surface area contributed by atoms with Crippen molar-refractivity contribution in [1.29, 1.82) is 0 Å². The molecule has 0 amide bonds. The second-order valence-corrected chi connectivity index (χ2v) is 3.51. The van der Waals surface area contributed by atoms with E-state index in [1.807, 2.05) is 0 Å². The Hall–Kier alpha value is -1.55. The number of aryl methyl sites for hydroxylation is 1. The molecule has 0 bridgehead atoms. The van der Waals surface area contributed by atoms with Crippen LogP contribution in [0.15, 0.2) is 18.2 Å². The number of benzene rings is 1. The second-order valence-electron chi connectivity index (χ2n) is 3.51. The summed E-state index contributed by atoms with van der Waals surface area (Å²) in [7, 11) is 0. The highest BCUT2D eigenvalue weighted by Gasteiger charge is 2.30. The average molecular weight is 195 g/mol. The molecule has 76 valence electrons. The zero-order chi connectivity index (χ0) is 10.9. The second kappa shape index (κ2) is 3.31. The summed E-state index contributed by atoms with van der Waals surface area (Å²) in [5.41, 5.74) is 5.28. The van der Waals surface area contributed by atoms with Crippen LogP contribution in [0.1, 0.15) is 18.1 Å². The minimum Gasteiger partial charge on any atom is -0.508 e. The monoisotopic (exact) mass is 195 g/mol. The van der Waals surface area contributed by atoms with E-state index in [1.165, 1.54) is 19.1 Å². The quantitative estimate of drug-likeness (QED) is 0.656. The van der Waals surface area contributed by atoms with Crippen molar-refractivity contribution in [2.24, 2.45) is 5.73 Å². The Morgan fingerprint density at radius 2 is 2.07 bits per heavy atom. The molecule has 0 radical (unpaired) electrons. The highest BCUT2D eigenvalue weighted by Crippen LogP contribution is 2.24. The molecule has 4 heteroatoms. The molecule has 1 unspecified atom stereocenters. The van der Waals surface area contributed by atoms with Crippen LogP contribution in [0, 0.1) is 6.92 Å². The molecule has 0 aliphatic carbocycles. The fourth-order valence-corrected chi connectivity index (χ4v) is 1.10. The van der Waals surface area contributed by atoms with Crippen LogP contribution in [0.4, 0.5) is 0 Å². The number of hydrogen-bond acceptors (Lipinski definition) is 3. The summed E-state index contributed by atoms with van der Waals surface area (Å²) < 4.78 is 0. The number of hydrogen-bond donors (Lipinski definition) is 3. The van der Waals surface area contributed by atoms with Crippen molar-refractivity contribution in [1.82, 2.24) is 0 Å². The third kappa shape index (κ3) is 1.70. The molecule has 0 saturated carbocycles. The number of carboxylic acid groups (broad SMARTS) is 1. The molecule has 1 aromatic rings. The summed E-state index contributed by atoms with van der Waals surface area (Å²) in [5.74, 6) is -0.961. The number of nitrogens with two attached hydrogens (primary N) is 1. The third-order valence-corrected chi connectivity index (χ3v) is 2.24. The Morgan fingerprint density at radius 1 is 1.50 bits per heavy atom. The maximum Gasteiger partial charge on any atom is 0.328 e. The highest BCUT2D eigenvalue weighted by molar-refractivity contribution is 5.80. The summed E-state index contributed by atoms with van der Waals surface area (Å²) in [5, 5.41) is 18.1. The van der Waals surface area contributed by atoms with E-state index in [9.17, 15) is 9.90 Å². The van der Waals surface area contributed by atoms with Gasteiger partial charge in [0, 0.05) is 0 Å². The molecule has 0 saturated heterocycles. The number of carbonyl (C=O) groups is 1. The van der Waals surface area contributed by atoms with Crippen molar-refractivity contribution in [2.45, 2.75) is 19.4 Å². The van der Waals surface area contributed by atoms with Crippen molar-refractivity contribution in [3.05, 3.63) is 29.3 Å². The fraction of sp³-hybridized carbons (Fsp3) is 0.300. The molecule has 4 N–H and O–H groups in total. The predicted octanol–water partition coefficient (Wildman–Crippen LogP) is 0.959. The normalized spacial score (nSPS) is 14.8. The standard InChI is InChI=1S/C10H13NO3/c1-6-5-7(3-4-8(6)12)10(2,11)9(13)14/h3-5,12H,11H2,1-2H3,(H,13,14). The highest BCUT2D eigenvalue weighted by atomic mass is 16.4. The Morgan fingerprint density at radius 3 is 2.50 bits per heavy atom. The number of aromatic hydroxyl groups is 1. The van der Waals surface area contributed by atoms with Crippen molar-refractivity contribution < 1.29 is 15.0 Å². The van der Waals surface area contributed by atoms with Crippen LogP contribution in [-0.2, 0) is 10.3 Å². The number of phenolic OH excluding ortho intramolecular Hbond substituents is 1. The molecule has 0 aliphatic rings. The van der Waals surface area contributed by atoms with Gasteiger partial charge in [-0.25, -0.2) is 4.79 Å². The van der Waals surface area contributed by atoms with Gasteiger partial charge in [0.05, 0.1) is 0 Å². The Labute approximate surface area is 82.0 Å². The van der Waals surface area contributed by atoms with Gasteiger partial charge in [0.1, 0.15) is 11.3 Å². The first-order chi connectivity index (χ1) is 6.35. The summed E-state index contributed by atoms with van der Waals surface area (Å²) >= 11 is 0. The van der Waals surface area contributed by atoms with E-state index >= 15 is 0 Å². The van der Waals surface area contributed by atoms with Crippen molar-refractivity contribution in [3.63, 3.8) is 0 Å². The van der Waals surface area contributed by atoms with Crippen LogP contribution < -0.4 is 5.73 Å². The van der Waals surface area contributed by atoms with E-state index in [-0.39, 0.29) is 5.75 Å². The molecule has 1 atom stereocenters. The number of aliphatic carboxylic acids is 1. The van der Waals surface area contributed by atoms with Crippen LogP contribution >= 0.6 is 0 Å². The summed E-state index contributed by atoms with van der Waals surface area (Å²) in [6.07, 6.45) is 0. The molecule has 0 aromatic heterocycles. The number of carboxylic acids is 1. The molecule has 0 heterocycles. The van der Waals surface area contributed by atoms with Crippen molar-refractivity contribution in [2.75, 3.05) is 0 Å². The zero-order valence-corrected chi connectivity index (χ0v) is 8.11. The largest absolute Gasteiger partial charge is 0.508 e. The first kappa shape index (κ1) is 10.5. The van der Waals surface area contributed by atoms with Gasteiger partial charge in [-0.3, -0.25) is 0 Å². The van der Waals surface area contributed by atoms with E-state index in [4.69, 9.17) is 10.8 Å². The first-order valence-electron chi connectivity index (χ1n) is 4.18. The lowest BCUT2D eigenvalue weighted by Gasteiger charge is -2.20. The van der Waals surface area contributed by atoms with Gasteiger partial charge in [-0.15, -0.1) is 0 Å². The number of rotatable bonds is 2. The maximum atomic E-state index is 10.8. The van der Waals surface area contributed by atoms with E-state index in [1.54, 1.807) is 13.0 Å². The molecule has 14 heavy (non-hydrogen) atoms. The van der Waals surface area contributed by atoms with Gasteiger partial charge in [0.25, 0.3) is 0 Å². The van der Waals surface area contributed by atoms with Crippen molar-refractivity contribution >= 4 is 5.97 Å². The van der Waals surface area contributed by atoms with Crippen LogP contribution in [0.3, 0.4) is 0 Å². The lowest BCUT2D eigenvalue weighted by Crippen LogP contribution is -2.41. The average Bonchev–Trinajstić information content (AvgIpc) is 2.09. The minimum atomic E-state index is -1.42. The molecule has 1 aromatic carbocycles. The lowest BCUT2D eigenvalue weighted by atomic mass is 9.92. The van der Waals surface area contributed by atoms with E-state index in [2.05, 4.69) is 0 Å². The van der Waals surface area contributed by atoms with Crippen LogP contribution in [-0.4, -0.2) is 16.2 Å². The molecule has 4 nitrogen and oxygen atoms in total. The summed E-state index contributed by atoms with van der Waals surface area (Å²) in [4.78, 5) is 10.8. The maximum absolute atomic E-state index is 10.8. The van der Waals surface area contributed by atoms with Gasteiger partial charge in [0.2, 0.25) is 0 Å². The molecule has 0 aliphatic heterocycles. The van der Waals surface area contributed by atoms with Gasteiger partial charge in [0.15, 0.2) is 0 Å². The lowest BCUT2D eigenvalue weighted by molar-refractivity contribution is -0.143. The van der Waals surface area contributed by atoms with E-state index in [0.717, 1.165) is 0 Å². The Kier molecular flexibility index (Phi) is 2.49.